The minimum Gasteiger partial charge on any atom is -0.295 e. The molecule has 94 valence electrons. The fourth-order valence-electron chi connectivity index (χ4n) is 1.02. The Kier molecular flexibility index (Phi) is 4.84. The van der Waals surface area contributed by atoms with Gasteiger partial charge in [0.2, 0.25) is 0 Å². The van der Waals surface area contributed by atoms with Crippen LogP contribution in [-0.2, 0) is 9.59 Å². The summed E-state index contributed by atoms with van der Waals surface area (Å²) in [7, 11) is 0.904. The number of hydrogen-bond donors (Lipinski definition) is 2. The molecule has 1 amide bonds. The predicted molar refractivity (Wildman–Crippen MR) is 67.2 cm³/mol. The van der Waals surface area contributed by atoms with Crippen LogP contribution in [0.2, 0.25) is 18.1 Å². The van der Waals surface area contributed by atoms with E-state index in [1.807, 2.05) is 33.9 Å². The molecule has 0 aliphatic heterocycles. The van der Waals surface area contributed by atoms with Gasteiger partial charge in [0.25, 0.3) is 0 Å². The van der Waals surface area contributed by atoms with Gasteiger partial charge in [0, 0.05) is 14.1 Å². The maximum Gasteiger partial charge on any atom is 0.313 e. The van der Waals surface area contributed by atoms with E-state index >= 15 is 0 Å². The Morgan fingerprint density at radius 1 is 1.06 bits per heavy atom. The van der Waals surface area contributed by atoms with Crippen LogP contribution in [0.4, 0.5) is 0 Å². The molecule has 0 aromatic carbocycles. The van der Waals surface area contributed by atoms with Gasteiger partial charge in [-0.25, -0.2) is 16.0 Å². The lowest BCUT2D eigenvalue weighted by atomic mass is 10.2. The summed E-state index contributed by atoms with van der Waals surface area (Å²) in [5.74, 6) is -0.517. The van der Waals surface area contributed by atoms with E-state index in [4.69, 9.17) is 0 Å². The molecule has 0 aromatic heterocycles. The molecule has 0 bridgehead atoms. The summed E-state index contributed by atoms with van der Waals surface area (Å²) in [6, 6.07) is 0. The SMILES string of the molecule is CNN(NC)C(=O)C(=O)[Si](C)(C)C(C)(C)C. The Morgan fingerprint density at radius 2 is 1.44 bits per heavy atom. The van der Waals surface area contributed by atoms with Crippen LogP contribution in [0.15, 0.2) is 0 Å². The largest absolute Gasteiger partial charge is 0.313 e. The summed E-state index contributed by atoms with van der Waals surface area (Å²) in [6.07, 6.45) is 0. The maximum absolute atomic E-state index is 12.2. The molecular formula is C10H23N3O2Si. The fourth-order valence-corrected chi connectivity index (χ4v) is 2.35. The summed E-state index contributed by atoms with van der Waals surface area (Å²) >= 11 is 0. The number of amides is 1. The van der Waals surface area contributed by atoms with E-state index in [9.17, 15) is 9.59 Å². The second-order valence-electron chi connectivity index (χ2n) is 5.29. The first-order valence-electron chi connectivity index (χ1n) is 5.33. The van der Waals surface area contributed by atoms with E-state index in [1.165, 1.54) is 0 Å². The summed E-state index contributed by atoms with van der Waals surface area (Å²) in [5, 5.41) is 0.708. The second-order valence-corrected chi connectivity index (χ2v) is 10.5. The van der Waals surface area contributed by atoms with Crippen molar-refractivity contribution in [3.8, 4) is 0 Å². The van der Waals surface area contributed by atoms with Crippen molar-refractivity contribution < 1.29 is 9.59 Å². The van der Waals surface area contributed by atoms with Crippen LogP contribution in [0.5, 0.6) is 0 Å². The predicted octanol–water partition coefficient (Wildman–Crippen LogP) is 0.701. The van der Waals surface area contributed by atoms with Gasteiger partial charge in [-0.3, -0.25) is 9.59 Å². The van der Waals surface area contributed by atoms with E-state index < -0.39 is 14.0 Å². The molecule has 0 rings (SSSR count). The van der Waals surface area contributed by atoms with Crippen molar-refractivity contribution in [2.45, 2.75) is 38.9 Å². The summed E-state index contributed by atoms with van der Waals surface area (Å²) in [5.41, 5.74) is 5.26. The Hall–Kier alpha value is -0.723. The summed E-state index contributed by atoms with van der Waals surface area (Å²) < 4.78 is 0. The van der Waals surface area contributed by atoms with Crippen LogP contribution in [-0.4, -0.2) is 38.6 Å². The molecule has 0 saturated heterocycles. The summed E-state index contributed by atoms with van der Waals surface area (Å²) in [6.45, 7) is 9.88. The highest BCUT2D eigenvalue weighted by atomic mass is 28.3. The van der Waals surface area contributed by atoms with Gasteiger partial charge in [-0.1, -0.05) is 33.9 Å². The number of carbonyl (C=O) groups excluding carboxylic acids is 2. The van der Waals surface area contributed by atoms with Gasteiger partial charge in [0.05, 0.1) is 0 Å². The quantitative estimate of drug-likeness (QED) is 0.435. The minimum atomic E-state index is -2.28. The van der Waals surface area contributed by atoms with Crippen LogP contribution in [0.25, 0.3) is 0 Å². The first-order chi connectivity index (χ1) is 7.09. The Labute approximate surface area is 98.5 Å². The van der Waals surface area contributed by atoms with Crippen molar-refractivity contribution in [1.29, 1.82) is 0 Å². The normalized spacial score (nSPS) is 12.4. The lowest BCUT2D eigenvalue weighted by molar-refractivity contribution is -0.145. The molecule has 5 nitrogen and oxygen atoms in total. The number of rotatable bonds is 4. The fraction of sp³-hybridized carbons (Fsp3) is 0.800. The standard InChI is InChI=1S/C10H23N3O2Si/c1-10(2,3)16(6,7)9(15)8(14)13(11-4)12-5/h11-12H,1-7H3. The van der Waals surface area contributed by atoms with Crippen molar-refractivity contribution in [3.05, 3.63) is 0 Å². The second kappa shape index (κ2) is 5.07. The Balaban J connectivity index is 5.01. The first kappa shape index (κ1) is 15.3. The van der Waals surface area contributed by atoms with Gasteiger partial charge < -0.3 is 0 Å². The molecule has 0 aliphatic carbocycles. The molecular weight excluding hydrogens is 222 g/mol. The number of hydrazine groups is 2. The van der Waals surface area contributed by atoms with E-state index in [0.29, 0.717) is 0 Å². The van der Waals surface area contributed by atoms with Crippen LogP contribution >= 0.6 is 0 Å². The smallest absolute Gasteiger partial charge is 0.295 e. The van der Waals surface area contributed by atoms with Crippen molar-refractivity contribution >= 4 is 19.4 Å². The topological polar surface area (TPSA) is 61.4 Å². The molecule has 0 aromatic rings. The number of nitrogens with zero attached hydrogens (tertiary/aromatic N) is 1. The van der Waals surface area contributed by atoms with Crippen LogP contribution in [0, 0.1) is 0 Å². The molecule has 16 heavy (non-hydrogen) atoms. The van der Waals surface area contributed by atoms with Gasteiger partial charge in [0.1, 0.15) is 8.07 Å². The van der Waals surface area contributed by atoms with E-state index in [1.54, 1.807) is 14.1 Å². The van der Waals surface area contributed by atoms with E-state index in [2.05, 4.69) is 10.9 Å². The third-order valence-electron chi connectivity index (χ3n) is 3.29. The Morgan fingerprint density at radius 3 is 1.69 bits per heavy atom. The molecule has 0 fully saturated rings. The first-order valence-corrected chi connectivity index (χ1v) is 8.33. The zero-order chi connectivity index (χ0) is 13.1. The highest BCUT2D eigenvalue weighted by molar-refractivity contribution is 7.13. The molecule has 6 heteroatoms. The zero-order valence-corrected chi connectivity index (χ0v) is 12.3. The van der Waals surface area contributed by atoms with Gasteiger partial charge in [-0.15, -0.1) is 0 Å². The van der Waals surface area contributed by atoms with Crippen LogP contribution < -0.4 is 10.9 Å². The molecule has 0 atom stereocenters. The van der Waals surface area contributed by atoms with E-state index in [-0.39, 0.29) is 10.4 Å². The lowest BCUT2D eigenvalue weighted by Gasteiger charge is -2.35. The lowest BCUT2D eigenvalue weighted by Crippen LogP contribution is -2.59. The monoisotopic (exact) mass is 245 g/mol. The highest BCUT2D eigenvalue weighted by Crippen LogP contribution is 2.36. The number of carbonyl (C=O) groups is 2. The van der Waals surface area contributed by atoms with Crippen LogP contribution in [0.3, 0.4) is 0 Å². The minimum absolute atomic E-state index is 0.132. The van der Waals surface area contributed by atoms with Crippen molar-refractivity contribution in [3.63, 3.8) is 0 Å². The molecule has 0 aliphatic rings. The summed E-state index contributed by atoms with van der Waals surface area (Å²) in [4.78, 5) is 24.0. The average Bonchev–Trinajstić information content (AvgIpc) is 2.16. The molecule has 0 unspecified atom stereocenters. The van der Waals surface area contributed by atoms with Gasteiger partial charge in [0.15, 0.2) is 5.41 Å². The van der Waals surface area contributed by atoms with Crippen molar-refractivity contribution in [2.24, 2.45) is 0 Å². The van der Waals surface area contributed by atoms with Crippen LogP contribution in [0.1, 0.15) is 20.8 Å². The van der Waals surface area contributed by atoms with Gasteiger partial charge >= 0.3 is 5.91 Å². The molecule has 0 spiro atoms. The van der Waals surface area contributed by atoms with E-state index in [0.717, 1.165) is 5.12 Å². The average molecular weight is 245 g/mol. The molecule has 0 radical (unpaired) electrons. The Bertz CT molecular complexity index is 280. The molecule has 2 N–H and O–H groups in total. The third-order valence-corrected chi connectivity index (χ3v) is 8.39. The van der Waals surface area contributed by atoms with Crippen molar-refractivity contribution in [1.82, 2.24) is 16.0 Å². The maximum atomic E-state index is 12.2. The molecule has 0 saturated carbocycles. The third kappa shape index (κ3) is 2.90. The number of hydrogen-bond acceptors (Lipinski definition) is 4. The zero-order valence-electron chi connectivity index (χ0n) is 11.3. The molecule has 0 heterocycles. The van der Waals surface area contributed by atoms with Gasteiger partial charge in [-0.2, -0.15) is 0 Å². The van der Waals surface area contributed by atoms with Gasteiger partial charge in [-0.05, 0) is 5.04 Å². The number of nitrogens with one attached hydrogen (secondary N) is 2. The van der Waals surface area contributed by atoms with Crippen molar-refractivity contribution in [2.75, 3.05) is 14.1 Å². The highest BCUT2D eigenvalue weighted by Gasteiger charge is 2.46.